The van der Waals surface area contributed by atoms with Gasteiger partial charge in [-0.25, -0.2) is 0 Å². The molecule has 254 valence electrons. The van der Waals surface area contributed by atoms with E-state index >= 15 is 0 Å². The van der Waals surface area contributed by atoms with Crippen LogP contribution in [0, 0.1) is 0 Å². The third-order valence-electron chi connectivity index (χ3n) is 12.0. The van der Waals surface area contributed by atoms with Crippen LogP contribution in [0.3, 0.4) is 0 Å². The fraction of sp³-hybridized carbons (Fsp3) is 0.0588. The largest absolute Gasteiger partial charge is 0.456 e. The highest BCUT2D eigenvalue weighted by atomic mass is 16.3. The van der Waals surface area contributed by atoms with Crippen molar-refractivity contribution in [1.82, 2.24) is 4.57 Å². The van der Waals surface area contributed by atoms with E-state index in [-0.39, 0.29) is 5.41 Å². The van der Waals surface area contributed by atoms with Crippen LogP contribution in [0.4, 0.5) is 0 Å². The minimum absolute atomic E-state index is 0.132. The lowest BCUT2D eigenvalue weighted by Gasteiger charge is -2.22. The van der Waals surface area contributed by atoms with Gasteiger partial charge in [0.25, 0.3) is 0 Å². The summed E-state index contributed by atoms with van der Waals surface area (Å²) >= 11 is 0. The molecule has 0 atom stereocenters. The number of fused-ring (bicyclic) bond motifs is 12. The van der Waals surface area contributed by atoms with Crippen molar-refractivity contribution >= 4 is 65.7 Å². The summed E-state index contributed by atoms with van der Waals surface area (Å²) in [5.74, 6) is 0. The first-order valence-electron chi connectivity index (χ1n) is 18.7. The van der Waals surface area contributed by atoms with E-state index in [1.54, 1.807) is 0 Å². The Bertz CT molecular complexity index is 3200. The van der Waals surface area contributed by atoms with Gasteiger partial charge in [-0.15, -0.1) is 0 Å². The highest BCUT2D eigenvalue weighted by Crippen LogP contribution is 2.50. The van der Waals surface area contributed by atoms with Crippen LogP contribution in [0.15, 0.2) is 173 Å². The highest BCUT2D eigenvalue weighted by molar-refractivity contribution is 6.18. The van der Waals surface area contributed by atoms with E-state index in [4.69, 9.17) is 8.83 Å². The molecular formula is C51H33NO2. The van der Waals surface area contributed by atoms with Gasteiger partial charge >= 0.3 is 0 Å². The van der Waals surface area contributed by atoms with Crippen molar-refractivity contribution in [3.63, 3.8) is 0 Å². The molecule has 8 aromatic carbocycles. The van der Waals surface area contributed by atoms with Gasteiger partial charge in [-0.3, -0.25) is 0 Å². The Kier molecular flexibility index (Phi) is 5.84. The first-order chi connectivity index (χ1) is 26.5. The summed E-state index contributed by atoms with van der Waals surface area (Å²) in [5, 5.41) is 6.96. The Balaban J connectivity index is 1.19. The Hall–Kier alpha value is -6.84. The molecule has 3 nitrogen and oxygen atoms in total. The van der Waals surface area contributed by atoms with Crippen LogP contribution in [-0.4, -0.2) is 4.57 Å². The van der Waals surface area contributed by atoms with Gasteiger partial charge in [0.05, 0.1) is 11.0 Å². The zero-order chi connectivity index (χ0) is 35.7. The third-order valence-corrected chi connectivity index (χ3v) is 12.0. The fourth-order valence-corrected chi connectivity index (χ4v) is 9.46. The molecule has 3 aromatic heterocycles. The molecule has 3 heterocycles. The van der Waals surface area contributed by atoms with Crippen LogP contribution in [0.2, 0.25) is 0 Å². The van der Waals surface area contributed by atoms with Crippen molar-refractivity contribution in [3.8, 4) is 39.1 Å². The maximum atomic E-state index is 6.26. The normalized spacial score (nSPS) is 13.5. The zero-order valence-corrected chi connectivity index (χ0v) is 29.9. The van der Waals surface area contributed by atoms with E-state index in [0.29, 0.717) is 0 Å². The molecule has 0 unspecified atom stereocenters. The van der Waals surface area contributed by atoms with Gasteiger partial charge in [0, 0.05) is 54.5 Å². The minimum atomic E-state index is -0.132. The molecule has 0 aliphatic heterocycles. The van der Waals surface area contributed by atoms with Gasteiger partial charge in [0.15, 0.2) is 0 Å². The van der Waals surface area contributed by atoms with E-state index < -0.39 is 0 Å². The number of hydrogen-bond acceptors (Lipinski definition) is 2. The maximum absolute atomic E-state index is 6.26. The Morgan fingerprint density at radius 3 is 1.46 bits per heavy atom. The highest BCUT2D eigenvalue weighted by Gasteiger charge is 2.35. The summed E-state index contributed by atoms with van der Waals surface area (Å²) in [7, 11) is 0. The molecule has 0 saturated carbocycles. The van der Waals surface area contributed by atoms with Crippen molar-refractivity contribution in [3.05, 3.63) is 175 Å². The lowest BCUT2D eigenvalue weighted by molar-refractivity contribution is 0.660. The number of rotatable bonds is 3. The van der Waals surface area contributed by atoms with Crippen LogP contribution in [0.5, 0.6) is 0 Å². The topological polar surface area (TPSA) is 31.2 Å². The molecule has 0 bridgehead atoms. The van der Waals surface area contributed by atoms with Crippen LogP contribution < -0.4 is 0 Å². The zero-order valence-electron chi connectivity index (χ0n) is 29.9. The molecule has 11 aromatic rings. The summed E-state index contributed by atoms with van der Waals surface area (Å²) in [6, 6.07) is 59.4. The van der Waals surface area contributed by atoms with E-state index in [9.17, 15) is 0 Å². The van der Waals surface area contributed by atoms with Crippen molar-refractivity contribution in [2.45, 2.75) is 19.3 Å². The molecular weight excluding hydrogens is 659 g/mol. The molecule has 1 aliphatic rings. The number of aromatic nitrogens is 1. The fourth-order valence-electron chi connectivity index (χ4n) is 9.46. The summed E-state index contributed by atoms with van der Waals surface area (Å²) < 4.78 is 15.1. The maximum Gasteiger partial charge on any atom is 0.135 e. The van der Waals surface area contributed by atoms with Gasteiger partial charge < -0.3 is 13.4 Å². The molecule has 1 aliphatic carbocycles. The standard InChI is InChI=1S/C51H33NO2/c1-51(2)43-18-6-3-11-35(43)36-24-23-32(29-44(36)51)52-49-33(30-21-25-47-41(27-30)37-12-4-7-19-45(37)53-47)14-9-16-39(49)40-17-10-15-34(50(40)52)31-22-26-48-42(28-31)38-13-5-8-20-46(38)54-48/h3-29H,1-2H3. The predicted molar refractivity (Wildman–Crippen MR) is 224 cm³/mol. The lowest BCUT2D eigenvalue weighted by Crippen LogP contribution is -2.15. The predicted octanol–water partition coefficient (Wildman–Crippen LogP) is 14.2. The lowest BCUT2D eigenvalue weighted by atomic mass is 9.82. The Morgan fingerprint density at radius 1 is 0.370 bits per heavy atom. The summed E-state index contributed by atoms with van der Waals surface area (Å²) in [6.07, 6.45) is 0. The van der Waals surface area contributed by atoms with Crippen LogP contribution in [-0.2, 0) is 5.41 Å². The third kappa shape index (κ3) is 3.96. The quantitative estimate of drug-likeness (QED) is 0.185. The number of benzene rings is 8. The van der Waals surface area contributed by atoms with E-state index in [2.05, 4.69) is 158 Å². The van der Waals surface area contributed by atoms with Crippen molar-refractivity contribution < 1.29 is 8.83 Å². The van der Waals surface area contributed by atoms with Gasteiger partial charge in [-0.1, -0.05) is 129 Å². The van der Waals surface area contributed by atoms with Crippen LogP contribution in [0.25, 0.3) is 105 Å². The number of para-hydroxylation sites is 4. The summed E-state index contributed by atoms with van der Waals surface area (Å²) in [4.78, 5) is 0. The summed E-state index contributed by atoms with van der Waals surface area (Å²) in [6.45, 7) is 4.72. The first-order valence-corrected chi connectivity index (χ1v) is 18.7. The number of nitrogens with zero attached hydrogens (tertiary/aromatic N) is 1. The first kappa shape index (κ1) is 29.7. The summed E-state index contributed by atoms with van der Waals surface area (Å²) in [5.41, 5.74) is 17.1. The average molecular weight is 692 g/mol. The minimum Gasteiger partial charge on any atom is -0.456 e. The molecule has 0 radical (unpaired) electrons. The van der Waals surface area contributed by atoms with Crippen molar-refractivity contribution in [2.75, 3.05) is 0 Å². The molecule has 0 N–H and O–H groups in total. The van der Waals surface area contributed by atoms with E-state index in [1.165, 1.54) is 55.2 Å². The van der Waals surface area contributed by atoms with Crippen molar-refractivity contribution in [1.29, 1.82) is 0 Å². The number of furan rings is 2. The van der Waals surface area contributed by atoms with Crippen molar-refractivity contribution in [2.24, 2.45) is 0 Å². The SMILES string of the molecule is CC1(C)c2ccccc2-c2ccc(-n3c4c(-c5ccc6oc7ccccc7c6c5)cccc4c4cccc(-c5ccc6oc7ccccc7c6c5)c43)cc21. The van der Waals surface area contributed by atoms with E-state index in [0.717, 1.165) is 60.7 Å². The monoisotopic (exact) mass is 691 g/mol. The molecule has 0 spiro atoms. The molecule has 0 saturated heterocycles. The molecule has 54 heavy (non-hydrogen) atoms. The Morgan fingerprint density at radius 2 is 0.852 bits per heavy atom. The van der Waals surface area contributed by atoms with Gasteiger partial charge in [0.1, 0.15) is 22.3 Å². The molecule has 3 heteroatoms. The van der Waals surface area contributed by atoms with E-state index in [1.807, 2.05) is 24.3 Å². The van der Waals surface area contributed by atoms with Gasteiger partial charge in [0.2, 0.25) is 0 Å². The van der Waals surface area contributed by atoms with Gasteiger partial charge in [-0.2, -0.15) is 0 Å². The van der Waals surface area contributed by atoms with Gasteiger partial charge in [-0.05, 0) is 81.9 Å². The molecule has 12 rings (SSSR count). The smallest absolute Gasteiger partial charge is 0.135 e. The molecule has 0 amide bonds. The second kappa shape index (κ2) is 10.6. The molecule has 0 fully saturated rings. The average Bonchev–Trinajstić information content (AvgIpc) is 3.94. The number of hydrogen-bond donors (Lipinski definition) is 0. The second-order valence-electron chi connectivity index (χ2n) is 15.3. The van der Waals surface area contributed by atoms with Crippen LogP contribution in [0.1, 0.15) is 25.0 Å². The second-order valence-corrected chi connectivity index (χ2v) is 15.3. The van der Waals surface area contributed by atoms with Crippen LogP contribution >= 0.6 is 0 Å². The Labute approximate surface area is 311 Å².